The molecule has 128 valence electrons. The van der Waals surface area contributed by atoms with Gasteiger partial charge < -0.3 is 9.64 Å². The van der Waals surface area contributed by atoms with Crippen LogP contribution in [0.5, 0.6) is 0 Å². The van der Waals surface area contributed by atoms with E-state index in [1.165, 1.54) is 0 Å². The molecule has 0 bridgehead atoms. The highest BCUT2D eigenvalue weighted by molar-refractivity contribution is 5.95. The second-order valence-electron chi connectivity index (χ2n) is 6.44. The average Bonchev–Trinajstić information content (AvgIpc) is 2.46. The van der Waals surface area contributed by atoms with Crippen molar-refractivity contribution in [2.24, 2.45) is 0 Å². The number of nitrogens with one attached hydrogen (secondary N) is 1. The lowest BCUT2D eigenvalue weighted by molar-refractivity contribution is 0.0635. The highest BCUT2D eigenvalue weighted by atomic mass is 16.6. The first-order valence-corrected chi connectivity index (χ1v) is 8.16. The molecule has 0 fully saturated rings. The van der Waals surface area contributed by atoms with Crippen LogP contribution in [0.4, 0.5) is 10.5 Å². The molecule has 5 heteroatoms. The van der Waals surface area contributed by atoms with Crippen molar-refractivity contribution in [1.82, 2.24) is 4.90 Å². The minimum absolute atomic E-state index is 0.0183. The quantitative estimate of drug-likeness (QED) is 0.850. The molecule has 0 aliphatic carbocycles. The number of ether oxygens (including phenoxy) is 1. The Labute approximate surface area is 139 Å². The average molecular weight is 320 g/mol. The summed E-state index contributed by atoms with van der Waals surface area (Å²) in [5.41, 5.74) is 0.686. The number of hydrogen-bond donors (Lipinski definition) is 1. The van der Waals surface area contributed by atoms with Gasteiger partial charge in [-0.1, -0.05) is 13.3 Å². The molecule has 0 aliphatic heterocycles. The van der Waals surface area contributed by atoms with E-state index in [9.17, 15) is 9.59 Å². The molecule has 0 heterocycles. The number of carbonyl (C=O) groups is 2. The fourth-order valence-electron chi connectivity index (χ4n) is 2.05. The lowest BCUT2D eigenvalue weighted by Gasteiger charge is -2.21. The number of nitrogens with zero attached hydrogens (tertiary/aromatic N) is 1. The SMILES string of the molecule is CCCCN(CC)C(=O)c1ccc(NC(=O)OC(C)(C)C)cc1. The van der Waals surface area contributed by atoms with Crippen LogP contribution in [0.2, 0.25) is 0 Å². The van der Waals surface area contributed by atoms with Gasteiger partial charge in [0.2, 0.25) is 0 Å². The first kappa shape index (κ1) is 19.0. The summed E-state index contributed by atoms with van der Waals surface area (Å²) in [6.07, 6.45) is 1.55. The molecule has 0 saturated heterocycles. The van der Waals surface area contributed by atoms with Crippen molar-refractivity contribution in [3.63, 3.8) is 0 Å². The number of unbranched alkanes of at least 4 members (excludes halogenated alkanes) is 1. The Balaban J connectivity index is 2.68. The summed E-state index contributed by atoms with van der Waals surface area (Å²) >= 11 is 0. The molecule has 0 radical (unpaired) electrons. The first-order chi connectivity index (χ1) is 10.8. The molecule has 1 N–H and O–H groups in total. The summed E-state index contributed by atoms with van der Waals surface area (Å²) in [5.74, 6) is 0.0183. The number of hydrogen-bond acceptors (Lipinski definition) is 3. The monoisotopic (exact) mass is 320 g/mol. The molecule has 5 nitrogen and oxygen atoms in total. The van der Waals surface area contributed by atoms with Crippen LogP contribution in [0.25, 0.3) is 0 Å². The van der Waals surface area contributed by atoms with Crippen LogP contribution in [0.15, 0.2) is 24.3 Å². The predicted molar refractivity (Wildman–Crippen MR) is 92.8 cm³/mol. The smallest absolute Gasteiger partial charge is 0.412 e. The van der Waals surface area contributed by atoms with E-state index in [-0.39, 0.29) is 5.91 Å². The van der Waals surface area contributed by atoms with E-state index >= 15 is 0 Å². The zero-order valence-corrected chi connectivity index (χ0v) is 14.8. The third kappa shape index (κ3) is 6.72. The molecule has 1 aromatic carbocycles. The second kappa shape index (κ2) is 8.56. The van der Waals surface area contributed by atoms with Gasteiger partial charge in [-0.3, -0.25) is 10.1 Å². The molecule has 0 aliphatic rings. The first-order valence-electron chi connectivity index (χ1n) is 8.16. The van der Waals surface area contributed by atoms with E-state index in [2.05, 4.69) is 12.2 Å². The maximum atomic E-state index is 12.4. The Hall–Kier alpha value is -2.04. The van der Waals surface area contributed by atoms with Gasteiger partial charge in [0.1, 0.15) is 5.60 Å². The van der Waals surface area contributed by atoms with Crippen molar-refractivity contribution >= 4 is 17.7 Å². The summed E-state index contributed by atoms with van der Waals surface area (Å²) in [6.45, 7) is 11.0. The number of rotatable bonds is 6. The largest absolute Gasteiger partial charge is 0.444 e. The van der Waals surface area contributed by atoms with Crippen molar-refractivity contribution in [1.29, 1.82) is 0 Å². The maximum absolute atomic E-state index is 12.4. The molecule has 0 aromatic heterocycles. The van der Waals surface area contributed by atoms with Crippen LogP contribution in [0.3, 0.4) is 0 Å². The van der Waals surface area contributed by atoms with Crippen molar-refractivity contribution < 1.29 is 14.3 Å². The van der Waals surface area contributed by atoms with Gasteiger partial charge in [0, 0.05) is 24.3 Å². The van der Waals surface area contributed by atoms with Gasteiger partial charge in [0.05, 0.1) is 0 Å². The number of anilines is 1. The molecule has 2 amide bonds. The molecule has 1 aromatic rings. The summed E-state index contributed by atoms with van der Waals surface area (Å²) in [4.78, 5) is 26.0. The van der Waals surface area contributed by atoms with Gasteiger partial charge >= 0.3 is 6.09 Å². The van der Waals surface area contributed by atoms with Gasteiger partial charge in [-0.05, 0) is 58.4 Å². The minimum Gasteiger partial charge on any atom is -0.444 e. The summed E-state index contributed by atoms with van der Waals surface area (Å²) in [6, 6.07) is 6.88. The normalized spacial score (nSPS) is 11.0. The summed E-state index contributed by atoms with van der Waals surface area (Å²) < 4.78 is 5.19. The molecule has 0 atom stereocenters. The minimum atomic E-state index is -0.541. The van der Waals surface area contributed by atoms with Crippen LogP contribution in [-0.4, -0.2) is 35.6 Å². The van der Waals surface area contributed by atoms with Crippen molar-refractivity contribution in [2.45, 2.75) is 53.1 Å². The molecular weight excluding hydrogens is 292 g/mol. The Morgan fingerprint density at radius 3 is 2.22 bits per heavy atom. The van der Waals surface area contributed by atoms with E-state index < -0.39 is 11.7 Å². The van der Waals surface area contributed by atoms with Gasteiger partial charge in [-0.25, -0.2) is 4.79 Å². The third-order valence-corrected chi connectivity index (χ3v) is 3.23. The van der Waals surface area contributed by atoms with E-state index in [1.54, 1.807) is 24.3 Å². The molecular formula is C18H28N2O3. The van der Waals surface area contributed by atoms with Gasteiger partial charge in [-0.15, -0.1) is 0 Å². The van der Waals surface area contributed by atoms with Crippen LogP contribution >= 0.6 is 0 Å². The van der Waals surface area contributed by atoms with Gasteiger partial charge in [-0.2, -0.15) is 0 Å². The fraction of sp³-hybridized carbons (Fsp3) is 0.556. The summed E-state index contributed by atoms with van der Waals surface area (Å²) in [5, 5.41) is 2.66. The third-order valence-electron chi connectivity index (χ3n) is 3.23. The van der Waals surface area contributed by atoms with Crippen molar-refractivity contribution in [2.75, 3.05) is 18.4 Å². The van der Waals surface area contributed by atoms with E-state index in [0.717, 1.165) is 19.4 Å². The van der Waals surface area contributed by atoms with Gasteiger partial charge in [0.15, 0.2) is 0 Å². The number of benzene rings is 1. The molecule has 0 spiro atoms. The van der Waals surface area contributed by atoms with Crippen LogP contribution in [-0.2, 0) is 4.74 Å². The molecule has 0 saturated carbocycles. The van der Waals surface area contributed by atoms with E-state index in [1.807, 2.05) is 32.6 Å². The summed E-state index contributed by atoms with van der Waals surface area (Å²) in [7, 11) is 0. The highest BCUT2D eigenvalue weighted by Crippen LogP contribution is 2.14. The fourth-order valence-corrected chi connectivity index (χ4v) is 2.05. The lowest BCUT2D eigenvalue weighted by atomic mass is 10.1. The highest BCUT2D eigenvalue weighted by Gasteiger charge is 2.17. The molecule has 23 heavy (non-hydrogen) atoms. The van der Waals surface area contributed by atoms with Crippen LogP contribution < -0.4 is 5.32 Å². The zero-order chi connectivity index (χ0) is 17.5. The Morgan fingerprint density at radius 1 is 1.13 bits per heavy atom. The predicted octanol–water partition coefficient (Wildman–Crippen LogP) is 4.30. The Kier molecular flexibility index (Phi) is 7.07. The Morgan fingerprint density at radius 2 is 1.74 bits per heavy atom. The van der Waals surface area contributed by atoms with Crippen molar-refractivity contribution in [3.05, 3.63) is 29.8 Å². The lowest BCUT2D eigenvalue weighted by Crippen LogP contribution is -2.31. The Bertz CT molecular complexity index is 518. The maximum Gasteiger partial charge on any atom is 0.412 e. The van der Waals surface area contributed by atoms with Crippen LogP contribution in [0.1, 0.15) is 57.8 Å². The van der Waals surface area contributed by atoms with E-state index in [4.69, 9.17) is 4.74 Å². The van der Waals surface area contributed by atoms with Crippen LogP contribution in [0, 0.1) is 0 Å². The number of amides is 2. The second-order valence-corrected chi connectivity index (χ2v) is 6.44. The van der Waals surface area contributed by atoms with Crippen molar-refractivity contribution in [3.8, 4) is 0 Å². The zero-order valence-electron chi connectivity index (χ0n) is 14.8. The number of carbonyl (C=O) groups excluding carboxylic acids is 2. The molecule has 1 rings (SSSR count). The van der Waals surface area contributed by atoms with E-state index in [0.29, 0.717) is 17.8 Å². The van der Waals surface area contributed by atoms with Gasteiger partial charge in [0.25, 0.3) is 5.91 Å². The standard InChI is InChI=1S/C18H28N2O3/c1-6-8-13-20(7-2)16(21)14-9-11-15(12-10-14)19-17(22)23-18(3,4)5/h9-12H,6-8,13H2,1-5H3,(H,19,22). The molecule has 0 unspecified atom stereocenters. The topological polar surface area (TPSA) is 58.6 Å².